The van der Waals surface area contributed by atoms with Gasteiger partial charge in [0.15, 0.2) is 5.78 Å². The van der Waals surface area contributed by atoms with Gasteiger partial charge in [-0.3, -0.25) is 4.79 Å². The quantitative estimate of drug-likeness (QED) is 0.679. The minimum Gasteiger partial charge on any atom is -0.294 e. The Morgan fingerprint density at radius 3 is 2.35 bits per heavy atom. The van der Waals surface area contributed by atoms with Gasteiger partial charge < -0.3 is 0 Å². The molecule has 26 heavy (non-hydrogen) atoms. The molecular formula is C21H21NO3S. The van der Waals surface area contributed by atoms with E-state index >= 15 is 0 Å². The standard InChI is InChI=1S/C21H21NO3S/c1-13-8-10-15(11-9-13)26(24,25)22-12-16-19-17(6-5-7-18(19)22)21(3,4)14(2)20(16)23/h5-12,14H,1-4H3. The van der Waals surface area contributed by atoms with E-state index in [0.717, 1.165) is 16.5 Å². The van der Waals surface area contributed by atoms with E-state index in [9.17, 15) is 13.2 Å². The fourth-order valence-electron chi connectivity index (χ4n) is 3.80. The summed E-state index contributed by atoms with van der Waals surface area (Å²) in [5.74, 6) is -0.213. The molecule has 1 aliphatic rings. The van der Waals surface area contributed by atoms with Crippen LogP contribution in [0, 0.1) is 12.8 Å². The van der Waals surface area contributed by atoms with Crippen LogP contribution in [-0.2, 0) is 15.4 Å². The van der Waals surface area contributed by atoms with Gasteiger partial charge in [0.1, 0.15) is 0 Å². The summed E-state index contributed by atoms with van der Waals surface area (Å²) in [6.07, 6.45) is 1.50. The zero-order chi connectivity index (χ0) is 18.9. The first-order valence-corrected chi connectivity index (χ1v) is 10.1. The van der Waals surface area contributed by atoms with Gasteiger partial charge in [-0.1, -0.05) is 50.6 Å². The number of aromatic nitrogens is 1. The first-order chi connectivity index (χ1) is 12.2. The van der Waals surface area contributed by atoms with Gasteiger partial charge in [-0.15, -0.1) is 0 Å². The van der Waals surface area contributed by atoms with E-state index in [1.54, 1.807) is 30.3 Å². The maximum atomic E-state index is 13.2. The minimum atomic E-state index is -3.77. The molecule has 0 aliphatic heterocycles. The second-order valence-electron chi connectivity index (χ2n) is 7.66. The summed E-state index contributed by atoms with van der Waals surface area (Å²) in [7, 11) is -3.77. The van der Waals surface area contributed by atoms with Crippen molar-refractivity contribution in [1.82, 2.24) is 3.97 Å². The van der Waals surface area contributed by atoms with E-state index in [1.165, 1.54) is 10.2 Å². The van der Waals surface area contributed by atoms with Gasteiger partial charge in [0, 0.05) is 28.5 Å². The molecule has 1 heterocycles. The fourth-order valence-corrected chi connectivity index (χ4v) is 5.16. The van der Waals surface area contributed by atoms with Crippen molar-refractivity contribution in [3.63, 3.8) is 0 Å². The molecule has 5 heteroatoms. The lowest BCUT2D eigenvalue weighted by Gasteiger charge is -2.35. The zero-order valence-electron chi connectivity index (χ0n) is 15.3. The number of hydrogen-bond acceptors (Lipinski definition) is 3. The van der Waals surface area contributed by atoms with Gasteiger partial charge in [0.05, 0.1) is 10.4 Å². The monoisotopic (exact) mass is 367 g/mol. The summed E-state index contributed by atoms with van der Waals surface area (Å²) in [6.45, 7) is 7.91. The van der Waals surface area contributed by atoms with Gasteiger partial charge in [0.2, 0.25) is 0 Å². The predicted octanol–water partition coefficient (Wildman–Crippen LogP) is 4.30. The summed E-state index contributed by atoms with van der Waals surface area (Å²) >= 11 is 0. The minimum absolute atomic E-state index is 0.00319. The van der Waals surface area contributed by atoms with E-state index < -0.39 is 10.0 Å². The van der Waals surface area contributed by atoms with Gasteiger partial charge >= 0.3 is 0 Å². The largest absolute Gasteiger partial charge is 0.294 e. The molecule has 0 spiro atoms. The Morgan fingerprint density at radius 2 is 1.69 bits per heavy atom. The molecule has 4 rings (SSSR count). The highest BCUT2D eigenvalue weighted by atomic mass is 32.2. The Labute approximate surface area is 153 Å². The average Bonchev–Trinajstić information content (AvgIpc) is 3.00. The molecule has 0 N–H and O–H groups in total. The molecule has 0 radical (unpaired) electrons. The third kappa shape index (κ3) is 2.13. The molecule has 134 valence electrons. The zero-order valence-corrected chi connectivity index (χ0v) is 16.1. The Balaban J connectivity index is 2.05. The first-order valence-electron chi connectivity index (χ1n) is 8.66. The van der Waals surface area contributed by atoms with E-state index in [2.05, 4.69) is 0 Å². The number of rotatable bonds is 2. The smallest absolute Gasteiger partial charge is 0.268 e. The number of Topliss-reactive ketones (excluding diaryl/α,β-unsaturated/α-hetero) is 1. The first kappa shape index (κ1) is 17.0. The number of carbonyl (C=O) groups is 1. The highest BCUT2D eigenvalue weighted by Gasteiger charge is 2.41. The van der Waals surface area contributed by atoms with Crippen LogP contribution in [0.3, 0.4) is 0 Å². The number of carbonyl (C=O) groups excluding carboxylic acids is 1. The Bertz CT molecular complexity index is 1150. The maximum Gasteiger partial charge on any atom is 0.268 e. The Kier molecular flexibility index (Phi) is 3.47. The van der Waals surface area contributed by atoms with Gasteiger partial charge in [-0.25, -0.2) is 12.4 Å². The molecule has 3 aromatic rings. The molecule has 1 aromatic heterocycles. The van der Waals surface area contributed by atoms with Crippen LogP contribution < -0.4 is 0 Å². The molecule has 2 aromatic carbocycles. The van der Waals surface area contributed by atoms with Crippen LogP contribution in [0.1, 0.15) is 42.3 Å². The Hall–Kier alpha value is -2.40. The second-order valence-corrected chi connectivity index (χ2v) is 9.48. The lowest BCUT2D eigenvalue weighted by Crippen LogP contribution is -2.36. The molecule has 0 saturated heterocycles. The van der Waals surface area contributed by atoms with Crippen molar-refractivity contribution in [1.29, 1.82) is 0 Å². The van der Waals surface area contributed by atoms with E-state index in [-0.39, 0.29) is 22.0 Å². The predicted molar refractivity (Wildman–Crippen MR) is 102 cm³/mol. The summed E-state index contributed by atoms with van der Waals surface area (Å²) in [5, 5.41) is 0.760. The van der Waals surface area contributed by atoms with Gasteiger partial charge in [-0.05, 0) is 30.7 Å². The van der Waals surface area contributed by atoms with Crippen LogP contribution in [0.4, 0.5) is 0 Å². The fraction of sp³-hybridized carbons (Fsp3) is 0.286. The van der Waals surface area contributed by atoms with Crippen molar-refractivity contribution in [2.45, 2.75) is 38.0 Å². The molecule has 0 amide bonds. The number of ketones is 1. The highest BCUT2D eigenvalue weighted by molar-refractivity contribution is 7.90. The van der Waals surface area contributed by atoms with Gasteiger partial charge in [-0.2, -0.15) is 0 Å². The van der Waals surface area contributed by atoms with Crippen LogP contribution in [0.5, 0.6) is 0 Å². The normalized spacial score (nSPS) is 19.1. The molecule has 1 atom stereocenters. The van der Waals surface area contributed by atoms with E-state index in [1.807, 2.05) is 39.8 Å². The van der Waals surface area contributed by atoms with Crippen LogP contribution in [0.15, 0.2) is 53.6 Å². The van der Waals surface area contributed by atoms with Crippen molar-refractivity contribution in [2.75, 3.05) is 0 Å². The van der Waals surface area contributed by atoms with Crippen LogP contribution in [0.25, 0.3) is 10.9 Å². The summed E-state index contributed by atoms with van der Waals surface area (Å²) in [5.41, 5.74) is 2.73. The van der Waals surface area contributed by atoms with Crippen molar-refractivity contribution < 1.29 is 13.2 Å². The molecule has 0 bridgehead atoms. The summed E-state index contributed by atoms with van der Waals surface area (Å²) in [6, 6.07) is 12.4. The molecule has 0 saturated carbocycles. The lowest BCUT2D eigenvalue weighted by atomic mass is 9.66. The third-order valence-corrected chi connectivity index (χ3v) is 7.50. The number of nitrogens with zero attached hydrogens (tertiary/aromatic N) is 1. The van der Waals surface area contributed by atoms with Crippen molar-refractivity contribution in [2.24, 2.45) is 5.92 Å². The second kappa shape index (κ2) is 5.30. The Morgan fingerprint density at radius 1 is 1.04 bits per heavy atom. The van der Waals surface area contributed by atoms with E-state index in [0.29, 0.717) is 11.1 Å². The highest BCUT2D eigenvalue weighted by Crippen LogP contribution is 2.45. The van der Waals surface area contributed by atoms with Crippen molar-refractivity contribution in [3.05, 3.63) is 65.4 Å². The molecule has 4 nitrogen and oxygen atoms in total. The molecule has 1 aliphatic carbocycles. The third-order valence-electron chi connectivity index (χ3n) is 5.81. The molecule has 0 fully saturated rings. The van der Waals surface area contributed by atoms with E-state index in [4.69, 9.17) is 0 Å². The van der Waals surface area contributed by atoms with Crippen LogP contribution in [-0.4, -0.2) is 18.2 Å². The number of benzene rings is 2. The maximum absolute atomic E-state index is 13.2. The number of aryl methyl sites for hydroxylation is 1. The van der Waals surface area contributed by atoms with Gasteiger partial charge in [0.25, 0.3) is 10.0 Å². The van der Waals surface area contributed by atoms with Crippen molar-refractivity contribution in [3.8, 4) is 0 Å². The summed E-state index contributed by atoms with van der Waals surface area (Å²) in [4.78, 5) is 13.2. The topological polar surface area (TPSA) is 56.1 Å². The lowest BCUT2D eigenvalue weighted by molar-refractivity contribution is 0.0874. The summed E-state index contributed by atoms with van der Waals surface area (Å²) < 4.78 is 27.7. The van der Waals surface area contributed by atoms with Crippen LogP contribution >= 0.6 is 0 Å². The molecule has 1 unspecified atom stereocenters. The van der Waals surface area contributed by atoms with Crippen molar-refractivity contribution >= 4 is 26.7 Å². The molecular weight excluding hydrogens is 346 g/mol. The SMILES string of the molecule is Cc1ccc(S(=O)(=O)n2cc3c4c(cccc42)C(C)(C)C(C)C3=O)cc1. The average molecular weight is 367 g/mol. The van der Waals surface area contributed by atoms with Crippen LogP contribution in [0.2, 0.25) is 0 Å². The number of hydrogen-bond donors (Lipinski definition) is 0.